The van der Waals surface area contributed by atoms with Gasteiger partial charge in [0.1, 0.15) is 11.3 Å². The van der Waals surface area contributed by atoms with Gasteiger partial charge in [-0.25, -0.2) is 9.59 Å². The Bertz CT molecular complexity index is 448. The monoisotopic (exact) mass is 253 g/mol. The van der Waals surface area contributed by atoms with Crippen molar-refractivity contribution in [2.75, 3.05) is 18.4 Å². The summed E-state index contributed by atoms with van der Waals surface area (Å²) in [4.78, 5) is 22.1. The Morgan fingerprint density at radius 3 is 2.67 bits per heavy atom. The van der Waals surface area contributed by atoms with Crippen LogP contribution in [0, 0.1) is 0 Å². The van der Waals surface area contributed by atoms with E-state index in [0.29, 0.717) is 19.5 Å². The molecule has 0 unspecified atom stereocenters. The Labute approximate surface area is 104 Å². The van der Waals surface area contributed by atoms with E-state index < -0.39 is 12.0 Å². The minimum Gasteiger partial charge on any atom is -0.507 e. The molecule has 0 atom stereocenters. The van der Waals surface area contributed by atoms with Crippen LogP contribution in [0.1, 0.15) is 16.8 Å². The number of urea groups is 1. The van der Waals surface area contributed by atoms with E-state index in [1.165, 1.54) is 18.2 Å². The number of carboxylic acid groups (broad SMARTS) is 1. The van der Waals surface area contributed by atoms with Crippen LogP contribution >= 0.6 is 0 Å². The van der Waals surface area contributed by atoms with Crippen molar-refractivity contribution in [1.82, 2.24) is 5.32 Å². The Kier molecular flexibility index (Phi) is 4.94. The minimum absolute atomic E-state index is 0.269. The summed E-state index contributed by atoms with van der Waals surface area (Å²) in [6.07, 6.45) is 0.656. The Hall–Kier alpha value is -2.28. The second-order valence-corrected chi connectivity index (χ2v) is 3.56. The lowest BCUT2D eigenvalue weighted by molar-refractivity contribution is 0.0693. The topological polar surface area (TPSA) is 125 Å². The molecular formula is C11H15N3O4. The van der Waals surface area contributed by atoms with Gasteiger partial charge in [-0.1, -0.05) is 0 Å². The van der Waals surface area contributed by atoms with E-state index in [-0.39, 0.29) is 17.0 Å². The van der Waals surface area contributed by atoms with Crippen LogP contribution in [0.25, 0.3) is 0 Å². The van der Waals surface area contributed by atoms with Crippen LogP contribution in [0.3, 0.4) is 0 Å². The molecule has 0 aliphatic heterocycles. The summed E-state index contributed by atoms with van der Waals surface area (Å²) < 4.78 is 0. The summed E-state index contributed by atoms with van der Waals surface area (Å²) in [7, 11) is 0. The zero-order valence-corrected chi connectivity index (χ0v) is 9.64. The first-order chi connectivity index (χ1) is 8.54. The largest absolute Gasteiger partial charge is 0.507 e. The first-order valence-corrected chi connectivity index (χ1v) is 5.36. The molecule has 1 rings (SSSR count). The molecule has 7 heteroatoms. The first kappa shape index (κ1) is 13.8. The van der Waals surface area contributed by atoms with Crippen LogP contribution < -0.4 is 16.4 Å². The SMILES string of the molecule is NCCCNC(=O)Nc1ccc(O)c(C(=O)O)c1. The summed E-state index contributed by atoms with van der Waals surface area (Å²) in [5, 5.41) is 23.1. The molecule has 0 bridgehead atoms. The van der Waals surface area contributed by atoms with E-state index >= 15 is 0 Å². The fourth-order valence-corrected chi connectivity index (χ4v) is 1.26. The molecule has 0 radical (unpaired) electrons. The number of aromatic hydroxyl groups is 1. The molecule has 0 spiro atoms. The number of amides is 2. The maximum absolute atomic E-state index is 11.4. The highest BCUT2D eigenvalue weighted by molar-refractivity contribution is 5.95. The fourth-order valence-electron chi connectivity index (χ4n) is 1.26. The van der Waals surface area contributed by atoms with Crippen LogP contribution in [0.4, 0.5) is 10.5 Å². The van der Waals surface area contributed by atoms with E-state index in [0.717, 1.165) is 0 Å². The normalized spacial score (nSPS) is 9.83. The van der Waals surface area contributed by atoms with Crippen molar-refractivity contribution in [3.63, 3.8) is 0 Å². The number of hydrogen-bond acceptors (Lipinski definition) is 4. The summed E-state index contributed by atoms with van der Waals surface area (Å²) in [5.74, 6) is -1.61. The second-order valence-electron chi connectivity index (χ2n) is 3.56. The number of hydrogen-bond donors (Lipinski definition) is 5. The zero-order chi connectivity index (χ0) is 13.5. The summed E-state index contributed by atoms with van der Waals surface area (Å²) in [5.41, 5.74) is 5.29. The highest BCUT2D eigenvalue weighted by Crippen LogP contribution is 2.21. The number of aromatic carboxylic acids is 1. The average molecular weight is 253 g/mol. The number of phenols is 1. The third-order valence-corrected chi connectivity index (χ3v) is 2.15. The van der Waals surface area contributed by atoms with Crippen LogP contribution in [0.2, 0.25) is 0 Å². The molecule has 0 aliphatic rings. The summed E-state index contributed by atoms with van der Waals surface area (Å²) >= 11 is 0. The number of carboxylic acids is 1. The van der Waals surface area contributed by atoms with Gasteiger partial charge in [-0.2, -0.15) is 0 Å². The van der Waals surface area contributed by atoms with Crippen LogP contribution in [0.5, 0.6) is 5.75 Å². The number of benzene rings is 1. The Balaban J connectivity index is 2.65. The van der Waals surface area contributed by atoms with Gasteiger partial charge in [-0.3, -0.25) is 0 Å². The number of carbonyl (C=O) groups excluding carboxylic acids is 1. The zero-order valence-electron chi connectivity index (χ0n) is 9.64. The third-order valence-electron chi connectivity index (χ3n) is 2.15. The molecule has 0 aliphatic carbocycles. The highest BCUT2D eigenvalue weighted by Gasteiger charge is 2.11. The molecule has 2 amide bonds. The minimum atomic E-state index is -1.26. The average Bonchev–Trinajstić information content (AvgIpc) is 2.31. The molecule has 98 valence electrons. The Morgan fingerprint density at radius 1 is 1.33 bits per heavy atom. The van der Waals surface area contributed by atoms with Crippen molar-refractivity contribution < 1.29 is 19.8 Å². The molecule has 1 aromatic carbocycles. The van der Waals surface area contributed by atoms with Gasteiger partial charge in [0.2, 0.25) is 0 Å². The Morgan fingerprint density at radius 2 is 2.06 bits per heavy atom. The molecule has 18 heavy (non-hydrogen) atoms. The van der Waals surface area contributed by atoms with Crippen molar-refractivity contribution in [3.05, 3.63) is 23.8 Å². The van der Waals surface area contributed by atoms with Gasteiger partial charge in [0, 0.05) is 12.2 Å². The molecule has 1 aromatic rings. The number of nitrogens with one attached hydrogen (secondary N) is 2. The quantitative estimate of drug-likeness (QED) is 0.387. The van der Waals surface area contributed by atoms with E-state index in [1.54, 1.807) is 0 Å². The van der Waals surface area contributed by atoms with E-state index in [9.17, 15) is 14.7 Å². The van der Waals surface area contributed by atoms with Crippen LogP contribution in [-0.4, -0.2) is 35.3 Å². The van der Waals surface area contributed by atoms with Crippen molar-refractivity contribution in [3.8, 4) is 5.75 Å². The van der Waals surface area contributed by atoms with E-state index in [2.05, 4.69) is 10.6 Å². The van der Waals surface area contributed by atoms with Gasteiger partial charge in [0.15, 0.2) is 0 Å². The summed E-state index contributed by atoms with van der Waals surface area (Å²) in [6, 6.07) is 3.34. The summed E-state index contributed by atoms with van der Waals surface area (Å²) in [6.45, 7) is 0.912. The maximum atomic E-state index is 11.4. The van der Waals surface area contributed by atoms with Gasteiger partial charge in [-0.15, -0.1) is 0 Å². The van der Waals surface area contributed by atoms with Crippen molar-refractivity contribution in [2.24, 2.45) is 5.73 Å². The molecular weight excluding hydrogens is 238 g/mol. The number of anilines is 1. The highest BCUT2D eigenvalue weighted by atomic mass is 16.4. The van der Waals surface area contributed by atoms with Gasteiger partial charge in [0.05, 0.1) is 0 Å². The van der Waals surface area contributed by atoms with Crippen molar-refractivity contribution >= 4 is 17.7 Å². The molecule has 0 heterocycles. The lowest BCUT2D eigenvalue weighted by Crippen LogP contribution is -2.30. The smallest absolute Gasteiger partial charge is 0.339 e. The molecule has 0 saturated carbocycles. The van der Waals surface area contributed by atoms with Gasteiger partial charge in [-0.05, 0) is 31.2 Å². The van der Waals surface area contributed by atoms with Gasteiger partial charge in [0.25, 0.3) is 0 Å². The molecule has 0 aromatic heterocycles. The molecule has 0 saturated heterocycles. The molecule has 0 fully saturated rings. The number of rotatable bonds is 5. The first-order valence-electron chi connectivity index (χ1n) is 5.36. The van der Waals surface area contributed by atoms with Crippen molar-refractivity contribution in [2.45, 2.75) is 6.42 Å². The standard InChI is InChI=1S/C11H15N3O4/c12-4-1-5-13-11(18)14-7-2-3-9(15)8(6-7)10(16)17/h2-3,6,15H,1,4-5,12H2,(H,16,17)(H2,13,14,18). The second kappa shape index (κ2) is 6.45. The predicted octanol–water partition coefficient (Wildman–Crippen LogP) is 0.561. The maximum Gasteiger partial charge on any atom is 0.339 e. The third kappa shape index (κ3) is 3.95. The molecule has 6 N–H and O–H groups in total. The number of nitrogens with two attached hydrogens (primary N) is 1. The predicted molar refractivity (Wildman–Crippen MR) is 65.8 cm³/mol. The van der Waals surface area contributed by atoms with Gasteiger partial charge < -0.3 is 26.6 Å². The van der Waals surface area contributed by atoms with Crippen molar-refractivity contribution in [1.29, 1.82) is 0 Å². The van der Waals surface area contributed by atoms with Gasteiger partial charge >= 0.3 is 12.0 Å². The van der Waals surface area contributed by atoms with E-state index in [4.69, 9.17) is 10.8 Å². The van der Waals surface area contributed by atoms with Crippen LogP contribution in [-0.2, 0) is 0 Å². The lowest BCUT2D eigenvalue weighted by atomic mass is 10.2. The fraction of sp³-hybridized carbons (Fsp3) is 0.273. The van der Waals surface area contributed by atoms with E-state index in [1.807, 2.05) is 0 Å². The molecule has 7 nitrogen and oxygen atoms in total. The number of carbonyl (C=O) groups is 2. The van der Waals surface area contributed by atoms with Crippen LogP contribution in [0.15, 0.2) is 18.2 Å². The lowest BCUT2D eigenvalue weighted by Gasteiger charge is -2.08.